The minimum atomic E-state index is -0.278. The first-order chi connectivity index (χ1) is 12.1. The third-order valence-electron chi connectivity index (χ3n) is 4.06. The van der Waals surface area contributed by atoms with Gasteiger partial charge in [-0.2, -0.15) is 9.50 Å². The number of fused-ring (bicyclic) bond motifs is 2. The summed E-state index contributed by atoms with van der Waals surface area (Å²) in [6, 6.07) is 3.07. The van der Waals surface area contributed by atoms with Gasteiger partial charge in [0.15, 0.2) is 0 Å². The van der Waals surface area contributed by atoms with Crippen LogP contribution in [-0.2, 0) is 17.8 Å². The van der Waals surface area contributed by atoms with Gasteiger partial charge in [0.25, 0.3) is 0 Å². The van der Waals surface area contributed by atoms with E-state index in [0.717, 1.165) is 11.3 Å². The van der Waals surface area contributed by atoms with Crippen molar-refractivity contribution in [3.63, 3.8) is 0 Å². The van der Waals surface area contributed by atoms with Crippen molar-refractivity contribution in [3.05, 3.63) is 41.6 Å². The van der Waals surface area contributed by atoms with Crippen molar-refractivity contribution in [2.75, 3.05) is 17.2 Å². The first kappa shape index (κ1) is 15.3. The van der Waals surface area contributed by atoms with Crippen molar-refractivity contribution in [1.29, 1.82) is 0 Å². The number of carbonyl (C=O) groups excluding carboxylic acids is 1. The lowest BCUT2D eigenvalue weighted by molar-refractivity contribution is -0.499. The molecule has 1 aliphatic rings. The molecule has 0 atom stereocenters. The van der Waals surface area contributed by atoms with Gasteiger partial charge in [0.2, 0.25) is 17.9 Å². The molecule has 0 unspecified atom stereocenters. The van der Waals surface area contributed by atoms with Gasteiger partial charge in [-0.3, -0.25) is 4.79 Å². The molecule has 1 aliphatic heterocycles. The largest absolute Gasteiger partial charge is 0.493 e. The number of hydrogen-bond acceptors (Lipinski definition) is 5. The number of carbonyl (C=O) groups is 1. The highest BCUT2D eigenvalue weighted by molar-refractivity contribution is 5.91. The molecule has 0 spiro atoms. The molecule has 3 heterocycles. The fraction of sp³-hybridized carbons (Fsp3) is 0.250. The van der Waals surface area contributed by atoms with Crippen molar-refractivity contribution in [3.8, 4) is 5.75 Å². The summed E-state index contributed by atoms with van der Waals surface area (Å²) >= 11 is 0. The van der Waals surface area contributed by atoms with E-state index in [4.69, 9.17) is 4.74 Å². The Balaban J connectivity index is 1.64. The smallest absolute Gasteiger partial charge is 0.325 e. The summed E-state index contributed by atoms with van der Waals surface area (Å²) in [5.41, 5.74) is 2.54. The molecule has 2 aromatic heterocycles. The average molecular weight is 343 g/mol. The van der Waals surface area contributed by atoms with E-state index < -0.39 is 0 Å². The molecule has 8 nitrogen and oxygen atoms in total. The monoisotopic (exact) mass is 343 g/mol. The SMILES string of the molecule is CC(=O)Nc1cnc(NCc2c(F)ccc3c2CCO3)[n+]2cn[nH]c12. The Morgan fingerprint density at radius 1 is 1.48 bits per heavy atom. The van der Waals surface area contributed by atoms with Crippen LogP contribution in [-0.4, -0.2) is 27.7 Å². The highest BCUT2D eigenvalue weighted by atomic mass is 19.1. The van der Waals surface area contributed by atoms with Crippen LogP contribution in [0.25, 0.3) is 5.65 Å². The Labute approximate surface area is 142 Å². The molecule has 1 amide bonds. The number of aromatic nitrogens is 4. The van der Waals surface area contributed by atoms with Crippen LogP contribution < -0.4 is 19.8 Å². The zero-order valence-corrected chi connectivity index (χ0v) is 13.5. The number of halogens is 1. The fourth-order valence-electron chi connectivity index (χ4n) is 2.94. The number of H-pyrrole nitrogens is 1. The zero-order chi connectivity index (χ0) is 17.4. The van der Waals surface area contributed by atoms with Gasteiger partial charge in [0.05, 0.1) is 13.2 Å². The lowest BCUT2D eigenvalue weighted by atomic mass is 10.0. The Morgan fingerprint density at radius 3 is 3.20 bits per heavy atom. The molecule has 128 valence electrons. The van der Waals surface area contributed by atoms with Crippen LogP contribution in [0.2, 0.25) is 0 Å². The molecule has 0 fully saturated rings. The molecule has 1 aromatic carbocycles. The second-order valence-electron chi connectivity index (χ2n) is 5.71. The van der Waals surface area contributed by atoms with E-state index in [2.05, 4.69) is 25.8 Å². The van der Waals surface area contributed by atoms with Crippen molar-refractivity contribution >= 4 is 23.2 Å². The number of nitrogens with one attached hydrogen (secondary N) is 3. The van der Waals surface area contributed by atoms with Gasteiger partial charge in [-0.15, -0.1) is 4.98 Å². The Kier molecular flexibility index (Phi) is 3.68. The molecule has 0 aliphatic carbocycles. The third-order valence-corrected chi connectivity index (χ3v) is 4.06. The van der Waals surface area contributed by atoms with Crippen molar-refractivity contribution in [2.24, 2.45) is 0 Å². The molecule has 3 aromatic rings. The number of nitrogens with zero attached hydrogens (tertiary/aromatic N) is 3. The van der Waals surface area contributed by atoms with E-state index in [0.29, 0.717) is 35.9 Å². The maximum atomic E-state index is 14.2. The van der Waals surface area contributed by atoms with E-state index in [1.54, 1.807) is 10.5 Å². The third kappa shape index (κ3) is 2.73. The highest BCUT2D eigenvalue weighted by Crippen LogP contribution is 2.30. The molecule has 0 radical (unpaired) electrons. The first-order valence-corrected chi connectivity index (χ1v) is 7.81. The van der Waals surface area contributed by atoms with Crippen LogP contribution in [0, 0.1) is 5.82 Å². The molecule has 0 saturated carbocycles. The van der Waals surface area contributed by atoms with E-state index in [1.165, 1.54) is 25.5 Å². The van der Waals surface area contributed by atoms with E-state index in [-0.39, 0.29) is 18.3 Å². The predicted molar refractivity (Wildman–Crippen MR) is 86.8 cm³/mol. The van der Waals surface area contributed by atoms with Gasteiger partial charge in [0.1, 0.15) is 23.5 Å². The summed E-state index contributed by atoms with van der Waals surface area (Å²) in [4.78, 5) is 15.6. The summed E-state index contributed by atoms with van der Waals surface area (Å²) in [7, 11) is 0. The Hall–Kier alpha value is -3.23. The lowest BCUT2D eigenvalue weighted by Crippen LogP contribution is -2.28. The number of amides is 1. The van der Waals surface area contributed by atoms with Crippen molar-refractivity contribution in [2.45, 2.75) is 19.9 Å². The normalized spacial score (nSPS) is 12.7. The summed E-state index contributed by atoms with van der Waals surface area (Å²) in [5.74, 6) is 0.725. The van der Waals surface area contributed by atoms with Crippen molar-refractivity contribution in [1.82, 2.24) is 15.2 Å². The molecule has 3 N–H and O–H groups in total. The standard InChI is InChI=1S/C16H15FN6O2/c1-9(24)21-13-7-19-16(23-8-20-22-15(13)23)18-6-11-10-4-5-25-14(10)3-2-12(11)17/h2-3,7-8H,4-6H2,1H3,(H2,18,19,21,22,24)/p+1. The van der Waals surface area contributed by atoms with Gasteiger partial charge in [-0.25, -0.2) is 4.39 Å². The van der Waals surface area contributed by atoms with E-state index in [9.17, 15) is 9.18 Å². The maximum absolute atomic E-state index is 14.2. The van der Waals surface area contributed by atoms with Crippen LogP contribution in [0.4, 0.5) is 16.0 Å². The number of aromatic amines is 1. The Morgan fingerprint density at radius 2 is 2.36 bits per heavy atom. The molecule has 0 saturated heterocycles. The van der Waals surface area contributed by atoms with E-state index in [1.807, 2.05) is 0 Å². The molecule has 4 rings (SSSR count). The Bertz CT molecular complexity index is 971. The lowest BCUT2D eigenvalue weighted by Gasteiger charge is -2.09. The molecular weight excluding hydrogens is 327 g/mol. The van der Waals surface area contributed by atoms with E-state index >= 15 is 0 Å². The van der Waals surface area contributed by atoms with Crippen LogP contribution in [0.15, 0.2) is 24.7 Å². The quantitative estimate of drug-likeness (QED) is 0.619. The number of rotatable bonds is 4. The summed E-state index contributed by atoms with van der Waals surface area (Å²) in [6.45, 7) is 2.24. The van der Waals surface area contributed by atoms with Gasteiger partial charge in [0, 0.05) is 24.5 Å². The first-order valence-electron chi connectivity index (χ1n) is 7.81. The number of ether oxygens (including phenoxy) is 1. The minimum absolute atomic E-state index is 0.207. The number of benzene rings is 1. The van der Waals surface area contributed by atoms with Gasteiger partial charge in [-0.1, -0.05) is 0 Å². The maximum Gasteiger partial charge on any atom is 0.325 e. The summed E-state index contributed by atoms with van der Waals surface area (Å²) in [5, 5.41) is 12.6. The highest BCUT2D eigenvalue weighted by Gasteiger charge is 2.21. The second-order valence-corrected chi connectivity index (χ2v) is 5.71. The number of anilines is 2. The minimum Gasteiger partial charge on any atom is -0.493 e. The van der Waals surface area contributed by atoms with Crippen molar-refractivity contribution < 1.29 is 18.3 Å². The zero-order valence-electron chi connectivity index (χ0n) is 13.5. The fourth-order valence-corrected chi connectivity index (χ4v) is 2.94. The molecule has 9 heteroatoms. The van der Waals surface area contributed by atoms with Crippen LogP contribution in [0.1, 0.15) is 18.1 Å². The second kappa shape index (κ2) is 6.00. The molecule has 25 heavy (non-hydrogen) atoms. The average Bonchev–Trinajstić information content (AvgIpc) is 3.24. The summed E-state index contributed by atoms with van der Waals surface area (Å²) in [6.07, 6.45) is 3.74. The predicted octanol–water partition coefficient (Wildman–Crippen LogP) is 1.19. The number of hydrogen-bond donors (Lipinski definition) is 3. The molecule has 0 bridgehead atoms. The summed E-state index contributed by atoms with van der Waals surface area (Å²) < 4.78 is 21.4. The van der Waals surface area contributed by atoms with Crippen LogP contribution >= 0.6 is 0 Å². The van der Waals surface area contributed by atoms with Crippen LogP contribution in [0.5, 0.6) is 5.75 Å². The topological polar surface area (TPSA) is 96.0 Å². The van der Waals surface area contributed by atoms with Crippen LogP contribution in [0.3, 0.4) is 0 Å². The molecular formula is C16H16FN6O2+. The van der Waals surface area contributed by atoms with Gasteiger partial charge < -0.3 is 15.4 Å². The van der Waals surface area contributed by atoms with Gasteiger partial charge >= 0.3 is 5.95 Å². The van der Waals surface area contributed by atoms with Gasteiger partial charge in [-0.05, 0) is 17.2 Å².